The topological polar surface area (TPSA) is 137 Å². The number of imidazole rings is 1. The molecular formula is C25H25ClN6O3. The van der Waals surface area contributed by atoms with Crippen LogP contribution in [0.1, 0.15) is 21.7 Å². The molecule has 35 heavy (non-hydrogen) atoms. The van der Waals surface area contributed by atoms with Gasteiger partial charge in [-0.1, -0.05) is 18.2 Å². The first kappa shape index (κ1) is 25.3. The molecule has 0 saturated carbocycles. The van der Waals surface area contributed by atoms with Crippen LogP contribution in [-0.4, -0.2) is 38.9 Å². The smallest absolute Gasteiger partial charge is 0.323 e. The molecule has 4 rings (SSSR count). The van der Waals surface area contributed by atoms with E-state index >= 15 is 0 Å². The molecule has 0 unspecified atom stereocenters. The second-order valence-corrected chi connectivity index (χ2v) is 7.76. The van der Waals surface area contributed by atoms with E-state index in [0.29, 0.717) is 28.9 Å². The molecule has 1 aromatic heterocycles. The summed E-state index contributed by atoms with van der Waals surface area (Å²) >= 11 is 0. The molecular weight excluding hydrogens is 468 g/mol. The molecule has 0 radical (unpaired) electrons. The highest BCUT2D eigenvalue weighted by Crippen LogP contribution is 2.22. The number of nitrogens with zero attached hydrogens (tertiary/aromatic N) is 3. The van der Waals surface area contributed by atoms with Crippen molar-refractivity contribution in [3.63, 3.8) is 0 Å². The zero-order valence-corrected chi connectivity index (χ0v) is 19.7. The third-order valence-electron chi connectivity index (χ3n) is 5.47. The highest BCUT2D eigenvalue weighted by atomic mass is 35.5. The number of aromatic nitrogens is 2. The van der Waals surface area contributed by atoms with Crippen molar-refractivity contribution in [1.82, 2.24) is 9.55 Å². The van der Waals surface area contributed by atoms with E-state index in [-0.39, 0.29) is 18.2 Å². The second-order valence-electron chi connectivity index (χ2n) is 7.76. The number of amides is 1. The Morgan fingerprint density at radius 1 is 1.06 bits per heavy atom. The number of anilines is 2. The Hall–Kier alpha value is -4.37. The SMILES string of the molecule is Cl.Cn1c(CNc2ccc(C(=N)N)cc2)nc2cc(C(=O)N(CC(=O)O)c3ccccc3)ccc21. The highest BCUT2D eigenvalue weighted by molar-refractivity contribution is 6.09. The molecule has 1 heterocycles. The van der Waals surface area contributed by atoms with Gasteiger partial charge < -0.3 is 20.7 Å². The van der Waals surface area contributed by atoms with Crippen LogP contribution in [0.5, 0.6) is 0 Å². The van der Waals surface area contributed by atoms with E-state index in [1.165, 1.54) is 4.90 Å². The molecule has 180 valence electrons. The summed E-state index contributed by atoms with van der Waals surface area (Å²) in [5.41, 5.74) is 9.36. The van der Waals surface area contributed by atoms with Crippen LogP contribution in [0.2, 0.25) is 0 Å². The predicted octanol–water partition coefficient (Wildman–Crippen LogP) is 3.62. The molecule has 0 spiro atoms. The maximum absolute atomic E-state index is 13.2. The van der Waals surface area contributed by atoms with Crippen LogP contribution in [-0.2, 0) is 18.4 Å². The molecule has 0 saturated heterocycles. The lowest BCUT2D eigenvalue weighted by atomic mass is 10.1. The lowest BCUT2D eigenvalue weighted by Gasteiger charge is -2.21. The average molecular weight is 493 g/mol. The summed E-state index contributed by atoms with van der Waals surface area (Å²) in [6, 6.07) is 21.1. The van der Waals surface area contributed by atoms with Gasteiger partial charge in [0.2, 0.25) is 0 Å². The summed E-state index contributed by atoms with van der Waals surface area (Å²) in [6.07, 6.45) is 0. The Kier molecular flexibility index (Phi) is 7.73. The number of rotatable bonds is 8. The Bertz CT molecular complexity index is 1370. The first-order valence-corrected chi connectivity index (χ1v) is 10.6. The van der Waals surface area contributed by atoms with Crippen molar-refractivity contribution < 1.29 is 14.7 Å². The predicted molar refractivity (Wildman–Crippen MR) is 139 cm³/mol. The number of nitrogens with one attached hydrogen (secondary N) is 2. The van der Waals surface area contributed by atoms with Crippen LogP contribution in [0.4, 0.5) is 11.4 Å². The number of carbonyl (C=O) groups excluding carboxylic acids is 1. The number of carbonyl (C=O) groups is 2. The standard InChI is InChI=1S/C25H24N6O3.ClH/c1-30-21-12-9-17(25(34)31(15-23(32)33)19-5-3-2-4-6-19)13-20(21)29-22(30)14-28-18-10-7-16(8-11-18)24(26)27;/h2-13,28H,14-15H2,1H3,(H3,26,27)(H,32,33);1H. The van der Waals surface area contributed by atoms with E-state index in [9.17, 15) is 14.7 Å². The maximum atomic E-state index is 13.2. The Balaban J connectivity index is 0.00000342. The summed E-state index contributed by atoms with van der Waals surface area (Å²) in [5, 5.41) is 20.1. The molecule has 9 nitrogen and oxygen atoms in total. The number of aryl methyl sites for hydroxylation is 1. The number of aliphatic carboxylic acids is 1. The Labute approximate surface area is 208 Å². The zero-order chi connectivity index (χ0) is 24.2. The fourth-order valence-electron chi connectivity index (χ4n) is 3.67. The van der Waals surface area contributed by atoms with Gasteiger partial charge >= 0.3 is 5.97 Å². The van der Waals surface area contributed by atoms with E-state index in [1.54, 1.807) is 54.6 Å². The number of benzene rings is 3. The van der Waals surface area contributed by atoms with Gasteiger partial charge in [0.1, 0.15) is 18.2 Å². The molecule has 5 N–H and O–H groups in total. The van der Waals surface area contributed by atoms with Crippen molar-refractivity contribution in [3.05, 3.63) is 89.7 Å². The zero-order valence-electron chi connectivity index (χ0n) is 18.9. The molecule has 0 aliphatic carbocycles. The van der Waals surface area contributed by atoms with Crippen molar-refractivity contribution in [2.45, 2.75) is 6.54 Å². The number of amidine groups is 1. The van der Waals surface area contributed by atoms with Crippen molar-refractivity contribution in [2.24, 2.45) is 12.8 Å². The number of fused-ring (bicyclic) bond motifs is 1. The fraction of sp³-hybridized carbons (Fsp3) is 0.120. The van der Waals surface area contributed by atoms with Gasteiger partial charge in [0.05, 0.1) is 17.6 Å². The van der Waals surface area contributed by atoms with Gasteiger partial charge in [-0.05, 0) is 54.6 Å². The van der Waals surface area contributed by atoms with E-state index in [2.05, 4.69) is 10.3 Å². The lowest BCUT2D eigenvalue weighted by Crippen LogP contribution is -2.35. The summed E-state index contributed by atoms with van der Waals surface area (Å²) in [6.45, 7) is 0.00369. The monoisotopic (exact) mass is 492 g/mol. The molecule has 0 aliphatic rings. The molecule has 0 atom stereocenters. The second kappa shape index (κ2) is 10.7. The molecule has 1 amide bonds. The van der Waals surface area contributed by atoms with E-state index in [4.69, 9.17) is 11.1 Å². The van der Waals surface area contributed by atoms with Crippen molar-refractivity contribution in [2.75, 3.05) is 16.8 Å². The number of carboxylic acid groups (broad SMARTS) is 1. The number of carboxylic acids is 1. The molecule has 4 aromatic rings. The van der Waals surface area contributed by atoms with Crippen LogP contribution >= 0.6 is 12.4 Å². The van der Waals surface area contributed by atoms with Crippen LogP contribution in [0.15, 0.2) is 72.8 Å². The van der Waals surface area contributed by atoms with Crippen LogP contribution in [0.3, 0.4) is 0 Å². The van der Waals surface area contributed by atoms with E-state index < -0.39 is 18.4 Å². The van der Waals surface area contributed by atoms with Gasteiger partial charge in [-0.15, -0.1) is 12.4 Å². The Morgan fingerprint density at radius 3 is 2.34 bits per heavy atom. The van der Waals surface area contributed by atoms with Gasteiger partial charge in [-0.25, -0.2) is 4.98 Å². The van der Waals surface area contributed by atoms with Crippen molar-refractivity contribution >= 4 is 52.5 Å². The largest absolute Gasteiger partial charge is 0.480 e. The molecule has 3 aromatic carbocycles. The van der Waals surface area contributed by atoms with Gasteiger partial charge in [-0.3, -0.25) is 19.9 Å². The molecule has 0 aliphatic heterocycles. The first-order valence-electron chi connectivity index (χ1n) is 10.6. The van der Waals surface area contributed by atoms with E-state index in [1.807, 2.05) is 29.8 Å². The fourth-order valence-corrected chi connectivity index (χ4v) is 3.67. The van der Waals surface area contributed by atoms with Crippen LogP contribution in [0, 0.1) is 5.41 Å². The summed E-state index contributed by atoms with van der Waals surface area (Å²) in [7, 11) is 1.90. The minimum Gasteiger partial charge on any atom is -0.480 e. The van der Waals surface area contributed by atoms with Gasteiger partial charge in [0.25, 0.3) is 5.91 Å². The van der Waals surface area contributed by atoms with Gasteiger partial charge in [-0.2, -0.15) is 0 Å². The third kappa shape index (κ3) is 5.59. The number of para-hydroxylation sites is 1. The lowest BCUT2D eigenvalue weighted by molar-refractivity contribution is -0.135. The minimum atomic E-state index is -1.10. The minimum absolute atomic E-state index is 0. The summed E-state index contributed by atoms with van der Waals surface area (Å²) in [5.74, 6) is -0.727. The number of halogens is 1. The van der Waals surface area contributed by atoms with Crippen LogP contribution < -0.4 is 16.0 Å². The molecule has 0 bridgehead atoms. The quantitative estimate of drug-likeness (QED) is 0.219. The number of nitrogen functional groups attached to an aromatic ring is 1. The highest BCUT2D eigenvalue weighted by Gasteiger charge is 2.21. The normalized spacial score (nSPS) is 10.4. The first-order chi connectivity index (χ1) is 16.3. The van der Waals surface area contributed by atoms with Crippen molar-refractivity contribution in [1.29, 1.82) is 5.41 Å². The molecule has 10 heteroatoms. The molecule has 0 fully saturated rings. The maximum Gasteiger partial charge on any atom is 0.323 e. The average Bonchev–Trinajstić information content (AvgIpc) is 3.16. The van der Waals surface area contributed by atoms with Gasteiger partial charge in [0, 0.05) is 29.5 Å². The van der Waals surface area contributed by atoms with Crippen LogP contribution in [0.25, 0.3) is 11.0 Å². The summed E-state index contributed by atoms with van der Waals surface area (Å²) < 4.78 is 1.94. The van der Waals surface area contributed by atoms with Gasteiger partial charge in [0.15, 0.2) is 0 Å². The Morgan fingerprint density at radius 2 is 1.71 bits per heavy atom. The number of nitrogens with two attached hydrogens (primary N) is 1. The number of hydrogen-bond acceptors (Lipinski definition) is 5. The van der Waals surface area contributed by atoms with E-state index in [0.717, 1.165) is 17.0 Å². The third-order valence-corrected chi connectivity index (χ3v) is 5.47. The summed E-state index contributed by atoms with van der Waals surface area (Å²) in [4.78, 5) is 30.5. The van der Waals surface area contributed by atoms with Crippen molar-refractivity contribution in [3.8, 4) is 0 Å². The number of hydrogen-bond donors (Lipinski definition) is 4.